The Bertz CT molecular complexity index is 726. The van der Waals surface area contributed by atoms with Crippen LogP contribution in [-0.2, 0) is 16.0 Å². The molecule has 3 rings (SSSR count). The molecule has 0 bridgehead atoms. The number of benzene rings is 2. The minimum absolute atomic E-state index is 0.150. The van der Waals surface area contributed by atoms with Gasteiger partial charge in [-0.05, 0) is 48.4 Å². The first kappa shape index (κ1) is 15.6. The van der Waals surface area contributed by atoms with Gasteiger partial charge in [-0.3, -0.25) is 9.59 Å². The Morgan fingerprint density at radius 1 is 1.09 bits per heavy atom. The lowest BCUT2D eigenvalue weighted by Crippen LogP contribution is -2.34. The van der Waals surface area contributed by atoms with Gasteiger partial charge in [0.2, 0.25) is 5.91 Å². The van der Waals surface area contributed by atoms with E-state index in [0.29, 0.717) is 10.7 Å². The quantitative estimate of drug-likeness (QED) is 0.872. The molecule has 23 heavy (non-hydrogen) atoms. The van der Waals surface area contributed by atoms with Gasteiger partial charge in [0.05, 0.1) is 12.1 Å². The van der Waals surface area contributed by atoms with Gasteiger partial charge in [-0.2, -0.15) is 0 Å². The predicted molar refractivity (Wildman–Crippen MR) is 91.8 cm³/mol. The number of carbonyl (C=O) groups is 2. The molecule has 1 heterocycles. The zero-order valence-electron chi connectivity index (χ0n) is 12.8. The molecule has 1 aliphatic heterocycles. The summed E-state index contributed by atoms with van der Waals surface area (Å²) >= 11 is 5.85. The van der Waals surface area contributed by atoms with Crippen molar-refractivity contribution in [2.45, 2.75) is 25.8 Å². The molecule has 2 amide bonds. The summed E-state index contributed by atoms with van der Waals surface area (Å²) in [6, 6.07) is 14.0. The highest BCUT2D eigenvalue weighted by Crippen LogP contribution is 2.26. The van der Waals surface area contributed by atoms with Gasteiger partial charge in [0.15, 0.2) is 0 Å². The van der Waals surface area contributed by atoms with Crippen molar-refractivity contribution in [3.63, 3.8) is 0 Å². The van der Waals surface area contributed by atoms with E-state index in [4.69, 9.17) is 11.6 Å². The van der Waals surface area contributed by atoms with Gasteiger partial charge in [0.1, 0.15) is 6.04 Å². The maximum Gasteiger partial charge on any atom is 0.256 e. The molecular formula is C18H17ClN2O2. The van der Waals surface area contributed by atoms with Crippen LogP contribution in [0.1, 0.15) is 18.9 Å². The molecule has 118 valence electrons. The van der Waals surface area contributed by atoms with Crippen LogP contribution >= 0.6 is 11.6 Å². The molecule has 0 aromatic heterocycles. The smallest absolute Gasteiger partial charge is 0.256 e. The number of halogens is 1. The Balaban J connectivity index is 1.76. The number of hydrogen-bond acceptors (Lipinski definition) is 3. The second kappa shape index (κ2) is 6.42. The number of aryl methyl sites for hydroxylation is 1. The lowest BCUT2D eigenvalue weighted by molar-refractivity contribution is -0.121. The second-order valence-electron chi connectivity index (χ2n) is 5.50. The lowest BCUT2D eigenvalue weighted by atomic mass is 10.1. The van der Waals surface area contributed by atoms with Gasteiger partial charge >= 0.3 is 0 Å². The van der Waals surface area contributed by atoms with Gasteiger partial charge in [-0.25, -0.2) is 4.90 Å². The number of anilines is 2. The first-order valence-corrected chi connectivity index (χ1v) is 7.94. The molecular weight excluding hydrogens is 312 g/mol. The van der Waals surface area contributed by atoms with Gasteiger partial charge in [-0.1, -0.05) is 30.7 Å². The van der Waals surface area contributed by atoms with E-state index < -0.39 is 6.04 Å². The lowest BCUT2D eigenvalue weighted by Gasteiger charge is -2.16. The fraction of sp³-hybridized carbons (Fsp3) is 0.222. The fourth-order valence-electron chi connectivity index (χ4n) is 2.64. The monoisotopic (exact) mass is 328 g/mol. The first-order chi connectivity index (χ1) is 11.1. The molecule has 0 radical (unpaired) electrons. The van der Waals surface area contributed by atoms with Crippen molar-refractivity contribution in [3.8, 4) is 0 Å². The molecule has 1 aliphatic rings. The van der Waals surface area contributed by atoms with Gasteiger partial charge in [0.25, 0.3) is 5.91 Å². The van der Waals surface area contributed by atoms with Crippen molar-refractivity contribution in [1.82, 2.24) is 0 Å². The molecule has 1 atom stereocenters. The van der Waals surface area contributed by atoms with Crippen LogP contribution in [-0.4, -0.2) is 17.9 Å². The van der Waals surface area contributed by atoms with E-state index in [-0.39, 0.29) is 18.2 Å². The van der Waals surface area contributed by atoms with Crippen molar-refractivity contribution >= 4 is 34.8 Å². The van der Waals surface area contributed by atoms with Crippen molar-refractivity contribution in [2.24, 2.45) is 0 Å². The summed E-state index contributed by atoms with van der Waals surface area (Å²) in [5, 5.41) is 3.71. The van der Waals surface area contributed by atoms with Gasteiger partial charge < -0.3 is 5.32 Å². The third-order valence-corrected chi connectivity index (χ3v) is 4.19. The number of amides is 2. The van der Waals surface area contributed by atoms with Crippen molar-refractivity contribution in [1.29, 1.82) is 0 Å². The highest BCUT2D eigenvalue weighted by atomic mass is 35.5. The van der Waals surface area contributed by atoms with E-state index in [0.717, 1.165) is 12.1 Å². The van der Waals surface area contributed by atoms with Crippen LogP contribution in [0.15, 0.2) is 48.5 Å². The average molecular weight is 329 g/mol. The van der Waals surface area contributed by atoms with Gasteiger partial charge in [-0.15, -0.1) is 0 Å². The molecule has 0 saturated carbocycles. The Morgan fingerprint density at radius 3 is 2.35 bits per heavy atom. The van der Waals surface area contributed by atoms with Gasteiger partial charge in [0, 0.05) is 10.7 Å². The van der Waals surface area contributed by atoms with Crippen LogP contribution in [0.3, 0.4) is 0 Å². The Morgan fingerprint density at radius 2 is 1.74 bits per heavy atom. The first-order valence-electron chi connectivity index (χ1n) is 7.56. The summed E-state index contributed by atoms with van der Waals surface area (Å²) in [4.78, 5) is 26.0. The topological polar surface area (TPSA) is 49.4 Å². The molecule has 5 heteroatoms. The van der Waals surface area contributed by atoms with E-state index in [1.165, 1.54) is 10.5 Å². The fourth-order valence-corrected chi connectivity index (χ4v) is 2.77. The predicted octanol–water partition coefficient (Wildman–Crippen LogP) is 3.65. The van der Waals surface area contributed by atoms with Crippen LogP contribution in [0.5, 0.6) is 0 Å². The number of hydrogen-bond donors (Lipinski definition) is 1. The zero-order chi connectivity index (χ0) is 16.4. The number of nitrogens with zero attached hydrogens (tertiary/aromatic N) is 1. The van der Waals surface area contributed by atoms with Crippen LogP contribution in [0, 0.1) is 0 Å². The maximum absolute atomic E-state index is 12.5. The molecule has 0 spiro atoms. The average Bonchev–Trinajstić information content (AvgIpc) is 2.83. The summed E-state index contributed by atoms with van der Waals surface area (Å²) < 4.78 is 0. The number of rotatable bonds is 4. The number of nitrogens with one attached hydrogen (secondary N) is 1. The molecule has 1 N–H and O–H groups in total. The minimum atomic E-state index is -0.536. The summed E-state index contributed by atoms with van der Waals surface area (Å²) in [6.45, 7) is 2.09. The Hall–Kier alpha value is -2.33. The van der Waals surface area contributed by atoms with Crippen molar-refractivity contribution in [3.05, 3.63) is 59.1 Å². The molecule has 0 unspecified atom stereocenters. The maximum atomic E-state index is 12.5. The highest BCUT2D eigenvalue weighted by molar-refractivity contribution is 6.30. The largest absolute Gasteiger partial charge is 0.373 e. The normalized spacial score (nSPS) is 17.7. The van der Waals surface area contributed by atoms with Crippen molar-refractivity contribution < 1.29 is 9.59 Å². The number of imide groups is 1. The van der Waals surface area contributed by atoms with Crippen molar-refractivity contribution in [2.75, 3.05) is 10.2 Å². The van der Waals surface area contributed by atoms with E-state index in [2.05, 4.69) is 12.2 Å². The van der Waals surface area contributed by atoms with Crippen LogP contribution in [0.25, 0.3) is 0 Å². The summed E-state index contributed by atoms with van der Waals surface area (Å²) in [6.07, 6.45) is 1.11. The van der Waals surface area contributed by atoms with E-state index >= 15 is 0 Å². The third kappa shape index (κ3) is 3.22. The SMILES string of the molecule is CCc1ccc(N[C@@H]2CC(=O)N(c3ccc(Cl)cc3)C2=O)cc1. The summed E-state index contributed by atoms with van der Waals surface area (Å²) in [5.41, 5.74) is 2.62. The number of carbonyl (C=O) groups excluding carboxylic acids is 2. The van der Waals surface area contributed by atoms with Crippen LogP contribution in [0.4, 0.5) is 11.4 Å². The van der Waals surface area contributed by atoms with Crippen LogP contribution in [0.2, 0.25) is 5.02 Å². The molecule has 1 saturated heterocycles. The third-order valence-electron chi connectivity index (χ3n) is 3.93. The molecule has 2 aromatic rings. The van der Waals surface area contributed by atoms with E-state index in [9.17, 15) is 9.59 Å². The molecule has 1 fully saturated rings. The summed E-state index contributed by atoms with van der Waals surface area (Å²) in [7, 11) is 0. The van der Waals surface area contributed by atoms with Crippen LogP contribution < -0.4 is 10.2 Å². The Labute approximate surface area is 140 Å². The highest BCUT2D eigenvalue weighted by Gasteiger charge is 2.39. The molecule has 4 nitrogen and oxygen atoms in total. The second-order valence-corrected chi connectivity index (χ2v) is 5.93. The van der Waals surface area contributed by atoms with E-state index in [1.54, 1.807) is 24.3 Å². The summed E-state index contributed by atoms with van der Waals surface area (Å²) in [5.74, 6) is -0.447. The molecule has 0 aliphatic carbocycles. The standard InChI is InChI=1S/C18H17ClN2O2/c1-2-12-3-7-14(8-4-12)20-16-11-17(22)21(18(16)23)15-9-5-13(19)6-10-15/h3-10,16,20H,2,11H2,1H3/t16-/m1/s1. The Kier molecular flexibility index (Phi) is 4.35. The molecule has 2 aromatic carbocycles. The minimum Gasteiger partial charge on any atom is -0.373 e. The van der Waals surface area contributed by atoms with E-state index in [1.807, 2.05) is 24.3 Å². The zero-order valence-corrected chi connectivity index (χ0v) is 13.5.